The Kier molecular flexibility index (Phi) is 2.84. The van der Waals surface area contributed by atoms with Crippen molar-refractivity contribution in [2.75, 3.05) is 0 Å². The molecule has 17 heavy (non-hydrogen) atoms. The van der Waals surface area contributed by atoms with E-state index in [9.17, 15) is 9.90 Å². The molecule has 1 aromatic rings. The Balaban J connectivity index is 2.23. The van der Waals surface area contributed by atoms with Crippen molar-refractivity contribution in [1.29, 1.82) is 5.26 Å². The molecule has 0 spiro atoms. The van der Waals surface area contributed by atoms with Crippen LogP contribution in [0.25, 0.3) is 0 Å². The molecule has 1 fully saturated rings. The minimum Gasteiger partial charge on any atom is -0.511 e. The van der Waals surface area contributed by atoms with E-state index in [0.29, 0.717) is 0 Å². The number of aliphatic hydroxyl groups excluding tert-OH is 1. The molecule has 86 valence electrons. The van der Waals surface area contributed by atoms with Crippen molar-refractivity contribution >= 4 is 5.91 Å². The first-order valence-corrected chi connectivity index (χ1v) is 5.35. The van der Waals surface area contributed by atoms with Crippen LogP contribution in [-0.2, 0) is 10.2 Å². The summed E-state index contributed by atoms with van der Waals surface area (Å²) in [6.45, 7) is 0. The largest absolute Gasteiger partial charge is 0.511 e. The molecule has 1 aromatic carbocycles. The van der Waals surface area contributed by atoms with Gasteiger partial charge in [0.1, 0.15) is 5.76 Å². The SMILES string of the molecule is N#CNC(=O)/C=C(/O)C1(c2ccccc2)CC1. The minimum atomic E-state index is -0.591. The Morgan fingerprint density at radius 1 is 1.41 bits per heavy atom. The summed E-state index contributed by atoms with van der Waals surface area (Å²) in [6.07, 6.45) is 4.25. The normalized spacial score (nSPS) is 17.0. The van der Waals surface area contributed by atoms with E-state index in [-0.39, 0.29) is 5.76 Å². The average Bonchev–Trinajstić information content (AvgIpc) is 3.11. The Morgan fingerprint density at radius 2 is 2.06 bits per heavy atom. The van der Waals surface area contributed by atoms with Crippen molar-refractivity contribution in [3.8, 4) is 6.19 Å². The van der Waals surface area contributed by atoms with Crippen LogP contribution in [0.4, 0.5) is 0 Å². The van der Waals surface area contributed by atoms with E-state index < -0.39 is 11.3 Å². The Bertz CT molecular complexity index is 496. The average molecular weight is 228 g/mol. The molecule has 1 saturated carbocycles. The predicted molar refractivity (Wildman–Crippen MR) is 61.8 cm³/mol. The maximum Gasteiger partial charge on any atom is 0.260 e. The number of allylic oxidation sites excluding steroid dienone is 1. The number of carbonyl (C=O) groups excluding carboxylic acids is 1. The molecule has 0 radical (unpaired) electrons. The molecule has 0 aromatic heterocycles. The number of hydrogen-bond acceptors (Lipinski definition) is 3. The smallest absolute Gasteiger partial charge is 0.260 e. The number of amides is 1. The van der Waals surface area contributed by atoms with Crippen LogP contribution >= 0.6 is 0 Å². The van der Waals surface area contributed by atoms with Gasteiger partial charge in [-0.15, -0.1) is 0 Å². The van der Waals surface area contributed by atoms with Crippen molar-refractivity contribution < 1.29 is 9.90 Å². The number of carbonyl (C=O) groups is 1. The summed E-state index contributed by atoms with van der Waals surface area (Å²) in [7, 11) is 0. The van der Waals surface area contributed by atoms with Gasteiger partial charge >= 0.3 is 0 Å². The Morgan fingerprint density at radius 3 is 2.59 bits per heavy atom. The van der Waals surface area contributed by atoms with E-state index in [0.717, 1.165) is 24.5 Å². The summed E-state index contributed by atoms with van der Waals surface area (Å²) in [4.78, 5) is 11.2. The van der Waals surface area contributed by atoms with Gasteiger partial charge in [-0.1, -0.05) is 30.3 Å². The molecule has 1 aliphatic rings. The third-order valence-corrected chi connectivity index (χ3v) is 3.01. The van der Waals surface area contributed by atoms with Crippen molar-refractivity contribution in [1.82, 2.24) is 5.32 Å². The number of nitriles is 1. The van der Waals surface area contributed by atoms with E-state index in [1.165, 1.54) is 6.19 Å². The standard InChI is InChI=1S/C13H12N2O2/c14-9-15-12(17)8-11(16)13(6-7-13)10-4-2-1-3-5-10/h1-5,8,16H,6-7H2,(H,15,17)/b11-8+. The van der Waals surface area contributed by atoms with Gasteiger partial charge < -0.3 is 5.11 Å². The van der Waals surface area contributed by atoms with Gasteiger partial charge in [-0.25, -0.2) is 0 Å². The summed E-state index contributed by atoms with van der Waals surface area (Å²) in [5, 5.41) is 20.2. The quantitative estimate of drug-likeness (QED) is 0.358. The summed E-state index contributed by atoms with van der Waals surface area (Å²) in [5.41, 5.74) is 0.576. The third kappa shape index (κ3) is 2.13. The second kappa shape index (κ2) is 4.30. The molecule has 4 nitrogen and oxygen atoms in total. The van der Waals surface area contributed by atoms with Gasteiger partial charge in [0.25, 0.3) is 5.91 Å². The van der Waals surface area contributed by atoms with Gasteiger partial charge in [-0.2, -0.15) is 5.26 Å². The molecule has 0 unspecified atom stereocenters. The number of rotatable bonds is 3. The fraction of sp³-hybridized carbons (Fsp3) is 0.231. The summed E-state index contributed by atoms with van der Waals surface area (Å²) in [5.74, 6) is -0.566. The Hall–Kier alpha value is -2.28. The number of nitrogens with zero attached hydrogens (tertiary/aromatic N) is 1. The van der Waals surface area contributed by atoms with E-state index in [2.05, 4.69) is 0 Å². The lowest BCUT2D eigenvalue weighted by Gasteiger charge is -2.14. The first-order valence-electron chi connectivity index (χ1n) is 5.35. The zero-order chi connectivity index (χ0) is 12.3. The highest BCUT2D eigenvalue weighted by atomic mass is 16.3. The van der Waals surface area contributed by atoms with Crippen molar-refractivity contribution in [3.63, 3.8) is 0 Å². The van der Waals surface area contributed by atoms with Crippen LogP contribution in [0.1, 0.15) is 18.4 Å². The maximum absolute atomic E-state index is 11.2. The van der Waals surface area contributed by atoms with Gasteiger partial charge in [0, 0.05) is 6.08 Å². The number of nitrogens with one attached hydrogen (secondary N) is 1. The second-order valence-electron chi connectivity index (χ2n) is 4.08. The molecule has 1 aliphatic carbocycles. The first kappa shape index (κ1) is 11.2. The van der Waals surface area contributed by atoms with Crippen molar-refractivity contribution in [2.45, 2.75) is 18.3 Å². The zero-order valence-corrected chi connectivity index (χ0v) is 9.18. The molecule has 0 bridgehead atoms. The number of hydrogen-bond donors (Lipinski definition) is 2. The zero-order valence-electron chi connectivity index (χ0n) is 9.18. The minimum absolute atomic E-state index is 0.0245. The van der Waals surface area contributed by atoms with Gasteiger partial charge in [0.2, 0.25) is 0 Å². The van der Waals surface area contributed by atoms with Crippen LogP contribution in [0.3, 0.4) is 0 Å². The monoisotopic (exact) mass is 228 g/mol. The fourth-order valence-corrected chi connectivity index (χ4v) is 1.93. The number of aliphatic hydroxyl groups is 1. The summed E-state index contributed by atoms with van der Waals surface area (Å²) in [6, 6.07) is 9.57. The maximum atomic E-state index is 11.2. The fourth-order valence-electron chi connectivity index (χ4n) is 1.93. The summed E-state index contributed by atoms with van der Waals surface area (Å²) >= 11 is 0. The van der Waals surface area contributed by atoms with E-state index in [1.54, 1.807) is 0 Å². The molecule has 4 heteroatoms. The van der Waals surface area contributed by atoms with Gasteiger partial charge in [-0.3, -0.25) is 10.1 Å². The van der Waals surface area contributed by atoms with Crippen LogP contribution in [0.5, 0.6) is 0 Å². The lowest BCUT2D eigenvalue weighted by Crippen LogP contribution is -2.18. The molecule has 0 atom stereocenters. The van der Waals surface area contributed by atoms with Crippen LogP contribution in [-0.4, -0.2) is 11.0 Å². The second-order valence-corrected chi connectivity index (χ2v) is 4.08. The van der Waals surface area contributed by atoms with E-state index in [1.807, 2.05) is 35.6 Å². The molecule has 1 amide bonds. The van der Waals surface area contributed by atoms with Gasteiger partial charge in [0.05, 0.1) is 5.41 Å². The number of benzene rings is 1. The van der Waals surface area contributed by atoms with E-state index in [4.69, 9.17) is 5.26 Å². The lowest BCUT2D eigenvalue weighted by atomic mass is 9.93. The highest BCUT2D eigenvalue weighted by molar-refractivity contribution is 5.89. The molecule has 0 heterocycles. The highest BCUT2D eigenvalue weighted by Gasteiger charge is 2.48. The van der Waals surface area contributed by atoms with Crippen molar-refractivity contribution in [3.05, 3.63) is 47.7 Å². The highest BCUT2D eigenvalue weighted by Crippen LogP contribution is 2.52. The van der Waals surface area contributed by atoms with Crippen LogP contribution in [0, 0.1) is 11.5 Å². The Labute approximate surface area is 99.2 Å². The van der Waals surface area contributed by atoms with Crippen molar-refractivity contribution in [2.24, 2.45) is 0 Å². The van der Waals surface area contributed by atoms with Gasteiger partial charge in [0.15, 0.2) is 6.19 Å². The predicted octanol–water partition coefficient (Wildman–Crippen LogP) is 1.76. The van der Waals surface area contributed by atoms with Crippen LogP contribution in [0.15, 0.2) is 42.2 Å². The van der Waals surface area contributed by atoms with Crippen LogP contribution < -0.4 is 5.32 Å². The molecular formula is C13H12N2O2. The lowest BCUT2D eigenvalue weighted by molar-refractivity contribution is -0.115. The summed E-state index contributed by atoms with van der Waals surface area (Å²) < 4.78 is 0. The van der Waals surface area contributed by atoms with Crippen LogP contribution in [0.2, 0.25) is 0 Å². The van der Waals surface area contributed by atoms with Gasteiger partial charge in [-0.05, 0) is 18.4 Å². The molecule has 0 aliphatic heterocycles. The van der Waals surface area contributed by atoms with E-state index >= 15 is 0 Å². The molecule has 2 N–H and O–H groups in total. The molecule has 2 rings (SSSR count). The molecular weight excluding hydrogens is 216 g/mol. The topological polar surface area (TPSA) is 73.1 Å². The molecule has 0 saturated heterocycles. The third-order valence-electron chi connectivity index (χ3n) is 3.01. The first-order chi connectivity index (χ1) is 8.19.